The van der Waals surface area contributed by atoms with Gasteiger partial charge in [-0.05, 0) is 51.4 Å². The summed E-state index contributed by atoms with van der Waals surface area (Å²) in [6.07, 6.45) is 22.9. The maximum Gasteiger partial charge on any atom is 0.0842 e. The zero-order valence-electron chi connectivity index (χ0n) is 20.4. The molecule has 3 rings (SSSR count). The zero-order chi connectivity index (χ0) is 21.9. The Morgan fingerprint density at radius 2 is 1.13 bits per heavy atom. The third-order valence-electron chi connectivity index (χ3n) is 7.88. The molecule has 0 saturated carbocycles. The average Bonchev–Trinajstić information content (AvgIpc) is 3.54. The van der Waals surface area contributed by atoms with Gasteiger partial charge in [0.2, 0.25) is 0 Å². The predicted molar refractivity (Wildman–Crippen MR) is 126 cm³/mol. The van der Waals surface area contributed by atoms with Gasteiger partial charge in [-0.1, -0.05) is 78.1 Å². The van der Waals surface area contributed by atoms with E-state index in [-0.39, 0.29) is 36.6 Å². The summed E-state index contributed by atoms with van der Waals surface area (Å²) in [5.74, 6) is 0. The second kappa shape index (κ2) is 14.2. The van der Waals surface area contributed by atoms with Crippen molar-refractivity contribution in [2.75, 3.05) is 0 Å². The van der Waals surface area contributed by atoms with Crippen LogP contribution in [0.3, 0.4) is 0 Å². The molecule has 0 aromatic carbocycles. The van der Waals surface area contributed by atoms with Gasteiger partial charge in [-0.2, -0.15) is 0 Å². The first-order valence-electron chi connectivity index (χ1n) is 13.9. The lowest BCUT2D eigenvalue weighted by molar-refractivity contribution is -0.117. The Morgan fingerprint density at radius 1 is 0.613 bits per heavy atom. The minimum Gasteiger partial charge on any atom is -0.390 e. The van der Waals surface area contributed by atoms with Gasteiger partial charge < -0.3 is 19.3 Å². The number of aliphatic hydroxyl groups excluding tert-OH is 1. The predicted octanol–water partition coefficient (Wildman–Crippen LogP) is 6.71. The minimum absolute atomic E-state index is 0.0124. The Morgan fingerprint density at radius 3 is 1.74 bits per heavy atom. The standard InChI is InChI=1S/C27H50O4/c1-3-5-6-7-8-9-10-11-12-13-14-22(28)23-17-18-26(30-23)27-20-19-25(31-27)24-16-15-21(4-2)29-24/h21-28H,3-20H2,1-2H3/t21-,22+,23+,24+,25+,26-,27-/m0/s1. The summed E-state index contributed by atoms with van der Waals surface area (Å²) in [6.45, 7) is 4.48. The molecule has 0 aromatic rings. The summed E-state index contributed by atoms with van der Waals surface area (Å²) in [4.78, 5) is 0. The average molecular weight is 439 g/mol. The van der Waals surface area contributed by atoms with E-state index in [1.54, 1.807) is 0 Å². The lowest BCUT2D eigenvalue weighted by Gasteiger charge is -2.24. The Labute approximate surface area is 191 Å². The highest BCUT2D eigenvalue weighted by Gasteiger charge is 2.42. The van der Waals surface area contributed by atoms with Crippen molar-refractivity contribution in [3.8, 4) is 0 Å². The van der Waals surface area contributed by atoms with Gasteiger partial charge in [0.05, 0.1) is 42.7 Å². The molecule has 3 aliphatic heterocycles. The minimum atomic E-state index is -0.306. The highest BCUT2D eigenvalue weighted by Crippen LogP contribution is 2.37. The van der Waals surface area contributed by atoms with Gasteiger partial charge >= 0.3 is 0 Å². The van der Waals surface area contributed by atoms with Crippen molar-refractivity contribution in [1.82, 2.24) is 0 Å². The van der Waals surface area contributed by atoms with E-state index in [1.807, 2.05) is 0 Å². The molecule has 3 saturated heterocycles. The van der Waals surface area contributed by atoms with E-state index in [2.05, 4.69) is 13.8 Å². The Bertz CT molecular complexity index is 470. The van der Waals surface area contributed by atoms with Gasteiger partial charge in [0, 0.05) is 0 Å². The summed E-state index contributed by atoms with van der Waals surface area (Å²) in [7, 11) is 0. The van der Waals surface area contributed by atoms with Crippen LogP contribution in [0.4, 0.5) is 0 Å². The SMILES string of the molecule is CCCCCCCCCCCC[C@@H](O)[C@H]1CC[C@@H]([C@@H]2CC[C@H]([C@H]3CC[C@H](CC)O3)O2)O1. The summed E-state index contributed by atoms with van der Waals surface area (Å²) >= 11 is 0. The van der Waals surface area contributed by atoms with Crippen LogP contribution in [-0.4, -0.2) is 47.8 Å². The third kappa shape index (κ3) is 8.28. The van der Waals surface area contributed by atoms with E-state index in [1.165, 1.54) is 64.2 Å². The van der Waals surface area contributed by atoms with Crippen molar-refractivity contribution in [3.63, 3.8) is 0 Å². The number of unbranched alkanes of at least 4 members (excludes halogenated alkanes) is 9. The number of hydrogen-bond acceptors (Lipinski definition) is 4. The fourth-order valence-corrected chi connectivity index (χ4v) is 5.82. The first kappa shape index (κ1) is 25.5. The molecule has 7 atom stereocenters. The van der Waals surface area contributed by atoms with E-state index in [9.17, 15) is 5.11 Å². The fourth-order valence-electron chi connectivity index (χ4n) is 5.82. The number of rotatable bonds is 15. The molecule has 0 aliphatic carbocycles. The van der Waals surface area contributed by atoms with Gasteiger partial charge in [-0.15, -0.1) is 0 Å². The number of aliphatic hydroxyl groups is 1. The van der Waals surface area contributed by atoms with Crippen LogP contribution in [0.2, 0.25) is 0 Å². The van der Waals surface area contributed by atoms with Gasteiger partial charge in [-0.25, -0.2) is 0 Å². The summed E-state index contributed by atoms with van der Waals surface area (Å²) in [5.41, 5.74) is 0. The molecule has 1 N–H and O–H groups in total. The molecular formula is C27H50O4. The molecule has 0 bridgehead atoms. The van der Waals surface area contributed by atoms with Crippen molar-refractivity contribution >= 4 is 0 Å². The van der Waals surface area contributed by atoms with Crippen molar-refractivity contribution in [1.29, 1.82) is 0 Å². The molecular weight excluding hydrogens is 388 g/mol. The van der Waals surface area contributed by atoms with E-state index in [4.69, 9.17) is 14.2 Å². The molecule has 3 aliphatic rings. The lowest BCUT2D eigenvalue weighted by atomic mass is 10.0. The van der Waals surface area contributed by atoms with Gasteiger partial charge in [-0.3, -0.25) is 0 Å². The van der Waals surface area contributed by atoms with Crippen molar-refractivity contribution in [3.05, 3.63) is 0 Å². The van der Waals surface area contributed by atoms with Gasteiger partial charge in [0.15, 0.2) is 0 Å². The maximum absolute atomic E-state index is 10.6. The van der Waals surface area contributed by atoms with Gasteiger partial charge in [0.25, 0.3) is 0 Å². The monoisotopic (exact) mass is 438 g/mol. The molecule has 182 valence electrons. The van der Waals surface area contributed by atoms with E-state index in [0.717, 1.165) is 51.4 Å². The molecule has 0 radical (unpaired) electrons. The van der Waals surface area contributed by atoms with Crippen LogP contribution in [0.15, 0.2) is 0 Å². The molecule has 0 spiro atoms. The first-order valence-corrected chi connectivity index (χ1v) is 13.9. The molecule has 4 nitrogen and oxygen atoms in total. The van der Waals surface area contributed by atoms with Crippen LogP contribution in [0.25, 0.3) is 0 Å². The zero-order valence-corrected chi connectivity index (χ0v) is 20.4. The van der Waals surface area contributed by atoms with Crippen LogP contribution in [-0.2, 0) is 14.2 Å². The molecule has 3 fully saturated rings. The van der Waals surface area contributed by atoms with E-state index in [0.29, 0.717) is 6.10 Å². The first-order chi connectivity index (χ1) is 15.2. The smallest absolute Gasteiger partial charge is 0.0842 e. The lowest BCUT2D eigenvalue weighted by Crippen LogP contribution is -2.33. The summed E-state index contributed by atoms with van der Waals surface area (Å²) < 4.78 is 18.8. The third-order valence-corrected chi connectivity index (χ3v) is 7.88. The molecule has 0 unspecified atom stereocenters. The van der Waals surface area contributed by atoms with Crippen LogP contribution in [0.1, 0.15) is 129 Å². The second-order valence-corrected chi connectivity index (χ2v) is 10.4. The molecule has 3 heterocycles. The Kier molecular flexibility index (Phi) is 11.6. The van der Waals surface area contributed by atoms with Crippen LogP contribution in [0.5, 0.6) is 0 Å². The number of hydrogen-bond donors (Lipinski definition) is 1. The van der Waals surface area contributed by atoms with Gasteiger partial charge in [0.1, 0.15) is 0 Å². The van der Waals surface area contributed by atoms with Crippen LogP contribution < -0.4 is 0 Å². The number of ether oxygens (including phenoxy) is 3. The quantitative estimate of drug-likeness (QED) is 0.289. The van der Waals surface area contributed by atoms with Crippen LogP contribution >= 0.6 is 0 Å². The normalized spacial score (nSPS) is 34.5. The van der Waals surface area contributed by atoms with E-state index >= 15 is 0 Å². The summed E-state index contributed by atoms with van der Waals surface area (Å²) in [5, 5.41) is 10.6. The van der Waals surface area contributed by atoms with Crippen molar-refractivity contribution < 1.29 is 19.3 Å². The topological polar surface area (TPSA) is 47.9 Å². The molecule has 0 aromatic heterocycles. The second-order valence-electron chi connectivity index (χ2n) is 10.4. The Hall–Kier alpha value is -0.160. The molecule has 0 amide bonds. The maximum atomic E-state index is 10.6. The van der Waals surface area contributed by atoms with E-state index < -0.39 is 0 Å². The van der Waals surface area contributed by atoms with Crippen molar-refractivity contribution in [2.45, 2.75) is 172 Å². The van der Waals surface area contributed by atoms with Crippen LogP contribution in [0, 0.1) is 0 Å². The van der Waals surface area contributed by atoms with Crippen molar-refractivity contribution in [2.24, 2.45) is 0 Å². The largest absolute Gasteiger partial charge is 0.390 e. The summed E-state index contributed by atoms with van der Waals surface area (Å²) in [6, 6.07) is 0. The highest BCUT2D eigenvalue weighted by molar-refractivity contribution is 4.91. The highest BCUT2D eigenvalue weighted by atomic mass is 16.6. The molecule has 4 heteroatoms. The Balaban J connectivity index is 1.22. The molecule has 31 heavy (non-hydrogen) atoms. The fraction of sp³-hybridized carbons (Fsp3) is 1.00.